The molecule has 0 aromatic heterocycles. The van der Waals surface area contributed by atoms with Crippen LogP contribution in [0.1, 0.15) is 6.42 Å². The zero-order valence-electron chi connectivity index (χ0n) is 5.37. The molecule has 0 aromatic carbocycles. The summed E-state index contributed by atoms with van der Waals surface area (Å²) in [6.45, 7) is 0. The summed E-state index contributed by atoms with van der Waals surface area (Å²) in [5, 5.41) is 16.2. The van der Waals surface area contributed by atoms with Gasteiger partial charge in [0, 0.05) is 0 Å². The van der Waals surface area contributed by atoms with E-state index >= 15 is 0 Å². The van der Waals surface area contributed by atoms with Gasteiger partial charge in [0.05, 0.1) is 6.42 Å². The molecule has 0 aliphatic heterocycles. The first kappa shape index (κ1) is 9.43. The monoisotopic (exact) mass is 160 g/mol. The molecule has 0 spiro atoms. The van der Waals surface area contributed by atoms with Crippen molar-refractivity contribution in [1.82, 2.24) is 0 Å². The molecule has 0 heterocycles. The van der Waals surface area contributed by atoms with Crippen molar-refractivity contribution in [2.75, 3.05) is 0 Å². The Morgan fingerprint density at radius 2 is 1.82 bits per heavy atom. The molecule has 0 saturated heterocycles. The molecule has 11 heavy (non-hydrogen) atoms. The Bertz CT molecular complexity index is 213. The van der Waals surface area contributed by atoms with Crippen LogP contribution in [0.4, 0.5) is 4.39 Å². The summed E-state index contributed by atoms with van der Waals surface area (Å²) >= 11 is 0. The summed E-state index contributed by atoms with van der Waals surface area (Å²) in [7, 11) is 0. The van der Waals surface area contributed by atoms with Crippen molar-refractivity contribution in [3.63, 3.8) is 0 Å². The van der Waals surface area contributed by atoms with Gasteiger partial charge in [0.2, 0.25) is 0 Å². The maximum absolute atomic E-state index is 12.7. The number of rotatable bonds is 3. The number of terminal acetylenes is 1. The van der Waals surface area contributed by atoms with Crippen molar-refractivity contribution in [3.8, 4) is 12.3 Å². The smallest absolute Gasteiger partial charge is 0.354 e. The van der Waals surface area contributed by atoms with E-state index in [1.807, 2.05) is 0 Å². The van der Waals surface area contributed by atoms with Crippen LogP contribution in [0, 0.1) is 12.3 Å². The number of carboxylic acids is 2. The van der Waals surface area contributed by atoms with Gasteiger partial charge >= 0.3 is 17.6 Å². The molecule has 5 heteroatoms. The van der Waals surface area contributed by atoms with Gasteiger partial charge in [0.25, 0.3) is 0 Å². The van der Waals surface area contributed by atoms with Crippen LogP contribution in [-0.2, 0) is 9.59 Å². The number of hydrogen-bond donors (Lipinski definition) is 2. The minimum absolute atomic E-state index is 0.975. The Kier molecular flexibility index (Phi) is 2.58. The molecule has 0 atom stereocenters. The van der Waals surface area contributed by atoms with Crippen LogP contribution >= 0.6 is 0 Å². The van der Waals surface area contributed by atoms with Gasteiger partial charge in [-0.2, -0.15) is 0 Å². The Morgan fingerprint density at radius 1 is 1.45 bits per heavy atom. The van der Waals surface area contributed by atoms with E-state index in [9.17, 15) is 14.0 Å². The molecule has 0 aliphatic rings. The average molecular weight is 160 g/mol. The van der Waals surface area contributed by atoms with Crippen molar-refractivity contribution in [3.05, 3.63) is 0 Å². The van der Waals surface area contributed by atoms with Crippen molar-refractivity contribution in [2.45, 2.75) is 12.1 Å². The first-order valence-electron chi connectivity index (χ1n) is 2.54. The SMILES string of the molecule is C#CCC(F)(C(=O)O)C(=O)O. The fourth-order valence-electron chi connectivity index (χ4n) is 0.383. The molecule has 0 bridgehead atoms. The number of hydrogen-bond acceptors (Lipinski definition) is 2. The predicted octanol–water partition coefficient (Wildman–Crippen LogP) is -0.113. The Labute approximate surface area is 61.6 Å². The standard InChI is InChI=1S/C6H5FO4/c1-2-3-6(7,4(8)9)5(10)11/h1H,3H2,(H,8,9)(H,10,11). The van der Waals surface area contributed by atoms with Gasteiger partial charge in [0.1, 0.15) is 0 Å². The van der Waals surface area contributed by atoms with E-state index in [0.717, 1.165) is 0 Å². The number of halogens is 1. The zero-order chi connectivity index (χ0) is 9.07. The third-order valence-electron chi connectivity index (χ3n) is 1.02. The Morgan fingerprint density at radius 3 is 1.91 bits per heavy atom. The number of carboxylic acid groups (broad SMARTS) is 2. The largest absolute Gasteiger partial charge is 0.478 e. The molecular weight excluding hydrogens is 155 g/mol. The summed E-state index contributed by atoms with van der Waals surface area (Å²) in [5.74, 6) is -2.53. The summed E-state index contributed by atoms with van der Waals surface area (Å²) in [6, 6.07) is 0. The average Bonchev–Trinajstić information content (AvgIpc) is 1.87. The fraction of sp³-hybridized carbons (Fsp3) is 0.333. The normalized spacial score (nSPS) is 10.2. The van der Waals surface area contributed by atoms with Gasteiger partial charge in [-0.1, -0.05) is 0 Å². The van der Waals surface area contributed by atoms with Crippen LogP contribution < -0.4 is 0 Å². The lowest BCUT2D eigenvalue weighted by atomic mass is 10.0. The molecule has 0 unspecified atom stereocenters. The van der Waals surface area contributed by atoms with E-state index < -0.39 is 24.0 Å². The summed E-state index contributed by atoms with van der Waals surface area (Å²) < 4.78 is 12.7. The zero-order valence-corrected chi connectivity index (χ0v) is 5.37. The number of alkyl halides is 1. The first-order chi connectivity index (χ1) is 4.95. The van der Waals surface area contributed by atoms with E-state index in [1.54, 1.807) is 5.92 Å². The van der Waals surface area contributed by atoms with Gasteiger partial charge in [-0.25, -0.2) is 14.0 Å². The fourth-order valence-corrected chi connectivity index (χ4v) is 0.383. The first-order valence-corrected chi connectivity index (χ1v) is 2.54. The van der Waals surface area contributed by atoms with Crippen molar-refractivity contribution in [2.24, 2.45) is 0 Å². The van der Waals surface area contributed by atoms with Gasteiger partial charge in [-0.15, -0.1) is 12.3 Å². The molecule has 0 aromatic rings. The van der Waals surface area contributed by atoms with Gasteiger partial charge in [-0.05, 0) is 0 Å². The van der Waals surface area contributed by atoms with E-state index in [1.165, 1.54) is 0 Å². The number of aliphatic carboxylic acids is 2. The maximum atomic E-state index is 12.7. The van der Waals surface area contributed by atoms with Crippen LogP contribution in [-0.4, -0.2) is 27.8 Å². The molecule has 0 rings (SSSR count). The second kappa shape index (κ2) is 3.01. The minimum atomic E-state index is -3.35. The van der Waals surface area contributed by atoms with E-state index in [4.69, 9.17) is 10.2 Å². The predicted molar refractivity (Wildman–Crippen MR) is 32.6 cm³/mol. The lowest BCUT2D eigenvalue weighted by Crippen LogP contribution is -2.41. The molecule has 4 nitrogen and oxygen atoms in total. The van der Waals surface area contributed by atoms with E-state index in [2.05, 4.69) is 6.42 Å². The summed E-state index contributed by atoms with van der Waals surface area (Å²) in [4.78, 5) is 20.0. The van der Waals surface area contributed by atoms with E-state index in [-0.39, 0.29) is 0 Å². The van der Waals surface area contributed by atoms with Crippen molar-refractivity contribution in [1.29, 1.82) is 0 Å². The van der Waals surface area contributed by atoms with E-state index in [0.29, 0.717) is 0 Å². The van der Waals surface area contributed by atoms with Crippen LogP contribution in [0.5, 0.6) is 0 Å². The van der Waals surface area contributed by atoms with Gasteiger partial charge in [0.15, 0.2) is 0 Å². The molecule has 60 valence electrons. The minimum Gasteiger partial charge on any atom is -0.478 e. The second-order valence-electron chi connectivity index (χ2n) is 1.79. The highest BCUT2D eigenvalue weighted by Crippen LogP contribution is 2.15. The van der Waals surface area contributed by atoms with Crippen LogP contribution in [0.3, 0.4) is 0 Å². The third kappa shape index (κ3) is 1.67. The molecule has 2 N–H and O–H groups in total. The maximum Gasteiger partial charge on any atom is 0.354 e. The van der Waals surface area contributed by atoms with Gasteiger partial charge in [-0.3, -0.25) is 0 Å². The molecule has 0 fully saturated rings. The summed E-state index contributed by atoms with van der Waals surface area (Å²) in [5.41, 5.74) is -3.35. The Balaban J connectivity index is 4.70. The third-order valence-corrected chi connectivity index (χ3v) is 1.02. The highest BCUT2D eigenvalue weighted by molar-refractivity contribution is 6.01. The lowest BCUT2D eigenvalue weighted by Gasteiger charge is -2.10. The number of carbonyl (C=O) groups is 2. The van der Waals surface area contributed by atoms with Crippen LogP contribution in [0.2, 0.25) is 0 Å². The quantitative estimate of drug-likeness (QED) is 0.446. The highest BCUT2D eigenvalue weighted by atomic mass is 19.1. The van der Waals surface area contributed by atoms with Crippen LogP contribution in [0.25, 0.3) is 0 Å². The molecule has 0 radical (unpaired) electrons. The highest BCUT2D eigenvalue weighted by Gasteiger charge is 2.46. The molecular formula is C6H5FO4. The van der Waals surface area contributed by atoms with Crippen molar-refractivity contribution < 1.29 is 24.2 Å². The summed E-state index contributed by atoms with van der Waals surface area (Å²) in [6.07, 6.45) is 3.60. The lowest BCUT2D eigenvalue weighted by molar-refractivity contribution is -0.166. The van der Waals surface area contributed by atoms with Gasteiger partial charge < -0.3 is 10.2 Å². The van der Waals surface area contributed by atoms with Crippen molar-refractivity contribution >= 4 is 11.9 Å². The topological polar surface area (TPSA) is 74.6 Å². The molecule has 0 saturated carbocycles. The second-order valence-corrected chi connectivity index (χ2v) is 1.79. The van der Waals surface area contributed by atoms with Crippen LogP contribution in [0.15, 0.2) is 0 Å². The molecule has 0 aliphatic carbocycles. The Hall–Kier alpha value is -1.57. The molecule has 0 amide bonds.